The van der Waals surface area contributed by atoms with Crippen LogP contribution in [0.4, 0.5) is 5.82 Å². The molecule has 0 atom stereocenters. The first-order valence-electron chi connectivity index (χ1n) is 10.3. The minimum absolute atomic E-state index is 0.0428. The summed E-state index contributed by atoms with van der Waals surface area (Å²) >= 11 is 1.52. The van der Waals surface area contributed by atoms with E-state index in [4.69, 9.17) is 14.2 Å². The van der Waals surface area contributed by atoms with Gasteiger partial charge in [0.25, 0.3) is 0 Å². The summed E-state index contributed by atoms with van der Waals surface area (Å²) in [7, 11) is 0. The number of nitrogens with one attached hydrogen (secondary N) is 1. The predicted molar refractivity (Wildman–Crippen MR) is 116 cm³/mol. The van der Waals surface area contributed by atoms with E-state index in [1.54, 1.807) is 18.3 Å². The van der Waals surface area contributed by atoms with Gasteiger partial charge in [0, 0.05) is 23.8 Å². The van der Waals surface area contributed by atoms with Gasteiger partial charge in [-0.25, -0.2) is 4.98 Å². The van der Waals surface area contributed by atoms with Gasteiger partial charge in [-0.1, -0.05) is 6.92 Å². The summed E-state index contributed by atoms with van der Waals surface area (Å²) in [6, 6.07) is 8.09. The lowest BCUT2D eigenvalue weighted by molar-refractivity contribution is -0.0797. The van der Waals surface area contributed by atoms with Crippen LogP contribution < -0.4 is 10.1 Å². The maximum atomic E-state index is 9.97. The number of hydrogen-bond acceptors (Lipinski definition) is 9. The molecule has 0 radical (unpaired) electrons. The van der Waals surface area contributed by atoms with Crippen molar-refractivity contribution in [2.24, 2.45) is 5.92 Å². The van der Waals surface area contributed by atoms with Crippen LogP contribution in [0.2, 0.25) is 0 Å². The van der Waals surface area contributed by atoms with Gasteiger partial charge in [0.2, 0.25) is 0 Å². The van der Waals surface area contributed by atoms with Gasteiger partial charge in [0.05, 0.1) is 43.9 Å². The monoisotopic (exact) mass is 437 g/mol. The highest BCUT2D eigenvalue weighted by Gasteiger charge is 2.25. The molecule has 0 unspecified atom stereocenters. The summed E-state index contributed by atoms with van der Waals surface area (Å²) in [5.41, 5.74) is 1.75. The number of rotatable bonds is 9. The topological polar surface area (TPSA) is 113 Å². The normalized spacial score (nSPS) is 16.0. The van der Waals surface area contributed by atoms with Crippen molar-refractivity contribution in [3.63, 3.8) is 0 Å². The van der Waals surface area contributed by atoms with Crippen LogP contribution in [-0.2, 0) is 9.47 Å². The third-order valence-corrected chi connectivity index (χ3v) is 6.20. The van der Waals surface area contributed by atoms with E-state index in [9.17, 15) is 10.5 Å². The first-order valence-corrected chi connectivity index (χ1v) is 11.3. The zero-order valence-electron chi connectivity index (χ0n) is 17.3. The Hall–Kier alpha value is -2.85. The van der Waals surface area contributed by atoms with Crippen LogP contribution in [-0.4, -0.2) is 54.8 Å². The van der Waals surface area contributed by atoms with E-state index < -0.39 is 0 Å². The number of ether oxygens (including phenoxy) is 3. The quantitative estimate of drug-likeness (QED) is 0.591. The summed E-state index contributed by atoms with van der Waals surface area (Å²) < 4.78 is 16.2. The molecule has 2 aliphatic rings. The van der Waals surface area contributed by atoms with Crippen LogP contribution in [0.1, 0.15) is 24.5 Å². The number of thioether (sulfide) groups is 1. The maximum absolute atomic E-state index is 9.97. The summed E-state index contributed by atoms with van der Waals surface area (Å²) in [6.45, 7) is 5.33. The Labute approximate surface area is 185 Å². The molecule has 0 aromatic carbocycles. The van der Waals surface area contributed by atoms with E-state index in [1.807, 2.05) is 6.92 Å². The standard InChI is InChI=1S/C22H23N5O3S/c1-2-5-25-21-17(6-23)20(18(7-24)22(27-21)31-13-14-9-28-10-14)19-4-3-15(8-26-19)30-16-11-29-12-16/h3-4,8,14,16H,2,5,9-13H2,1H3,(H,25,27). The molecule has 0 aliphatic carbocycles. The van der Waals surface area contributed by atoms with Crippen molar-refractivity contribution in [3.05, 3.63) is 29.5 Å². The molecule has 31 heavy (non-hydrogen) atoms. The molecule has 1 N–H and O–H groups in total. The van der Waals surface area contributed by atoms with Gasteiger partial charge in [0.1, 0.15) is 40.4 Å². The molecule has 0 bridgehead atoms. The number of nitrogens with zero attached hydrogens (tertiary/aromatic N) is 4. The molecule has 2 fully saturated rings. The Bertz CT molecular complexity index is 1010. The molecule has 0 saturated carbocycles. The van der Waals surface area contributed by atoms with Crippen LogP contribution in [0.5, 0.6) is 5.75 Å². The molecule has 2 saturated heterocycles. The smallest absolute Gasteiger partial charge is 0.146 e. The Morgan fingerprint density at radius 1 is 1.16 bits per heavy atom. The van der Waals surface area contributed by atoms with Crippen molar-refractivity contribution < 1.29 is 14.2 Å². The van der Waals surface area contributed by atoms with E-state index >= 15 is 0 Å². The minimum atomic E-state index is 0.0428. The Kier molecular flexibility index (Phi) is 6.88. The van der Waals surface area contributed by atoms with Gasteiger partial charge in [0.15, 0.2) is 0 Å². The third-order valence-electron chi connectivity index (χ3n) is 5.00. The SMILES string of the molecule is CCCNc1nc(SCC2COC2)c(C#N)c(-c2ccc(OC3COC3)cn2)c1C#N. The van der Waals surface area contributed by atoms with Gasteiger partial charge in [-0.15, -0.1) is 11.8 Å². The molecule has 4 heterocycles. The highest BCUT2D eigenvalue weighted by atomic mass is 32.2. The highest BCUT2D eigenvalue weighted by Crippen LogP contribution is 2.37. The Morgan fingerprint density at radius 3 is 2.48 bits per heavy atom. The van der Waals surface area contributed by atoms with E-state index in [1.165, 1.54) is 11.8 Å². The Balaban J connectivity index is 1.72. The fraction of sp³-hybridized carbons (Fsp3) is 0.455. The lowest BCUT2D eigenvalue weighted by atomic mass is 10.0. The largest absolute Gasteiger partial charge is 0.484 e. The van der Waals surface area contributed by atoms with Crippen LogP contribution in [0, 0.1) is 28.6 Å². The molecular formula is C22H23N5O3S. The van der Waals surface area contributed by atoms with E-state index in [2.05, 4.69) is 27.4 Å². The predicted octanol–water partition coefficient (Wildman–Crippen LogP) is 3.22. The van der Waals surface area contributed by atoms with Gasteiger partial charge >= 0.3 is 0 Å². The number of nitriles is 2. The molecule has 160 valence electrons. The summed E-state index contributed by atoms with van der Waals surface area (Å²) in [5.74, 6) is 2.38. The number of aromatic nitrogens is 2. The first kappa shape index (κ1) is 21.4. The average molecular weight is 438 g/mol. The van der Waals surface area contributed by atoms with Crippen molar-refractivity contribution in [3.8, 4) is 29.1 Å². The highest BCUT2D eigenvalue weighted by molar-refractivity contribution is 7.99. The molecular weight excluding hydrogens is 414 g/mol. The number of hydrogen-bond donors (Lipinski definition) is 1. The number of pyridine rings is 2. The molecule has 9 heteroatoms. The zero-order chi connectivity index (χ0) is 21.6. The molecule has 2 aromatic rings. The average Bonchev–Trinajstić information content (AvgIpc) is 2.73. The van der Waals surface area contributed by atoms with E-state index in [-0.39, 0.29) is 6.10 Å². The van der Waals surface area contributed by atoms with Crippen LogP contribution >= 0.6 is 11.8 Å². The van der Waals surface area contributed by atoms with E-state index in [0.29, 0.717) is 64.7 Å². The molecule has 2 aliphatic heterocycles. The van der Waals surface area contributed by atoms with Gasteiger partial charge in [-0.05, 0) is 18.6 Å². The molecule has 0 spiro atoms. The van der Waals surface area contributed by atoms with Gasteiger partial charge < -0.3 is 19.5 Å². The second-order valence-corrected chi connectivity index (χ2v) is 8.42. The molecule has 8 nitrogen and oxygen atoms in total. The number of anilines is 1. The van der Waals surface area contributed by atoms with E-state index in [0.717, 1.165) is 25.4 Å². The lowest BCUT2D eigenvalue weighted by Crippen LogP contribution is -2.38. The summed E-state index contributed by atoms with van der Waals surface area (Å²) in [5, 5.41) is 23.7. The van der Waals surface area contributed by atoms with Crippen LogP contribution in [0.15, 0.2) is 23.4 Å². The second-order valence-electron chi connectivity index (χ2n) is 7.41. The van der Waals surface area contributed by atoms with Crippen molar-refractivity contribution in [1.82, 2.24) is 9.97 Å². The zero-order valence-corrected chi connectivity index (χ0v) is 18.1. The first-order chi connectivity index (χ1) is 15.2. The second kappa shape index (κ2) is 9.97. The maximum Gasteiger partial charge on any atom is 0.146 e. The minimum Gasteiger partial charge on any atom is -0.484 e. The van der Waals surface area contributed by atoms with Gasteiger partial charge in [-0.3, -0.25) is 4.98 Å². The summed E-state index contributed by atoms with van der Waals surface area (Å²) in [6.07, 6.45) is 2.55. The third kappa shape index (κ3) is 4.75. The summed E-state index contributed by atoms with van der Waals surface area (Å²) in [4.78, 5) is 9.15. The fourth-order valence-corrected chi connectivity index (χ4v) is 4.19. The van der Waals surface area contributed by atoms with Crippen LogP contribution in [0.25, 0.3) is 11.3 Å². The van der Waals surface area contributed by atoms with Crippen LogP contribution in [0.3, 0.4) is 0 Å². The lowest BCUT2D eigenvalue weighted by Gasteiger charge is -2.26. The van der Waals surface area contributed by atoms with Crippen molar-refractivity contribution in [2.75, 3.05) is 44.0 Å². The molecule has 0 amide bonds. The van der Waals surface area contributed by atoms with Crippen molar-refractivity contribution in [1.29, 1.82) is 10.5 Å². The van der Waals surface area contributed by atoms with Crippen molar-refractivity contribution in [2.45, 2.75) is 24.5 Å². The Morgan fingerprint density at radius 2 is 1.94 bits per heavy atom. The molecule has 2 aromatic heterocycles. The molecule has 4 rings (SSSR count). The van der Waals surface area contributed by atoms with Gasteiger partial charge in [-0.2, -0.15) is 10.5 Å². The fourth-order valence-electron chi connectivity index (χ4n) is 3.16. The van der Waals surface area contributed by atoms with Crippen molar-refractivity contribution >= 4 is 17.6 Å².